The Kier molecular flexibility index (Phi) is 10.1. The van der Waals surface area contributed by atoms with Crippen molar-refractivity contribution in [3.05, 3.63) is 46.3 Å². The van der Waals surface area contributed by atoms with Gasteiger partial charge < -0.3 is 34.8 Å². The predicted molar refractivity (Wildman–Crippen MR) is 159 cm³/mol. The van der Waals surface area contributed by atoms with Gasteiger partial charge >= 0.3 is 5.97 Å². The molecule has 42 heavy (non-hydrogen) atoms. The molecule has 2 aliphatic heterocycles. The molecule has 1 unspecified atom stereocenters. The Balaban J connectivity index is 0.00000484. The van der Waals surface area contributed by atoms with Gasteiger partial charge in [0.25, 0.3) is 5.91 Å². The molecule has 1 saturated heterocycles. The molecule has 2 aliphatic rings. The molecule has 1 aromatic carbocycles. The molecule has 1 amide bonds. The van der Waals surface area contributed by atoms with Crippen LogP contribution in [0.5, 0.6) is 11.5 Å². The quantitative estimate of drug-likeness (QED) is 0.297. The van der Waals surface area contributed by atoms with Crippen LogP contribution in [0.25, 0.3) is 0 Å². The van der Waals surface area contributed by atoms with Gasteiger partial charge in [0.2, 0.25) is 0 Å². The molecule has 13 heteroatoms. The van der Waals surface area contributed by atoms with E-state index in [1.54, 1.807) is 30.0 Å². The SMILES string of the molecule is CCOc1cc2c(nc1C(=O)NC)C(=N)N(CC(=O)c1cc(N3CCC(OCC(=O)O)C3)c(O)c(C(C)(C)C)c1)C2.Cl. The third kappa shape index (κ3) is 6.76. The zero-order valence-electron chi connectivity index (χ0n) is 24.4. The second-order valence-corrected chi connectivity index (χ2v) is 11.2. The van der Waals surface area contributed by atoms with Gasteiger partial charge in [-0.05, 0) is 37.0 Å². The Morgan fingerprint density at radius 1 is 1.21 bits per heavy atom. The third-order valence-electron chi connectivity index (χ3n) is 7.19. The average Bonchev–Trinajstić information content (AvgIpc) is 3.50. The van der Waals surface area contributed by atoms with Crippen molar-refractivity contribution in [3.63, 3.8) is 0 Å². The highest BCUT2D eigenvalue weighted by Crippen LogP contribution is 2.41. The second kappa shape index (κ2) is 13.0. The molecule has 0 bridgehead atoms. The maximum absolute atomic E-state index is 13.6. The van der Waals surface area contributed by atoms with Gasteiger partial charge in [0, 0.05) is 43.4 Å². The Morgan fingerprint density at radius 3 is 2.55 bits per heavy atom. The fourth-order valence-electron chi connectivity index (χ4n) is 5.10. The summed E-state index contributed by atoms with van der Waals surface area (Å²) in [6.07, 6.45) is 0.286. The van der Waals surface area contributed by atoms with Crippen molar-refractivity contribution in [3.8, 4) is 11.5 Å². The first-order chi connectivity index (χ1) is 19.3. The van der Waals surface area contributed by atoms with Crippen molar-refractivity contribution in [2.45, 2.75) is 52.2 Å². The molecule has 2 aromatic rings. The number of aromatic hydroxyl groups is 1. The molecular formula is C29H38ClN5O7. The number of ketones is 1. The van der Waals surface area contributed by atoms with Gasteiger partial charge in [-0.3, -0.25) is 15.0 Å². The lowest BCUT2D eigenvalue weighted by Gasteiger charge is -2.27. The van der Waals surface area contributed by atoms with Crippen molar-refractivity contribution >= 4 is 41.6 Å². The lowest BCUT2D eigenvalue weighted by Crippen LogP contribution is -2.31. The number of aliphatic carboxylic acids is 1. The molecule has 3 heterocycles. The zero-order valence-corrected chi connectivity index (χ0v) is 25.3. The number of benzene rings is 1. The summed E-state index contributed by atoms with van der Waals surface area (Å²) in [6, 6.07) is 5.04. The maximum atomic E-state index is 13.6. The number of hydrogen-bond donors (Lipinski definition) is 4. The summed E-state index contributed by atoms with van der Waals surface area (Å²) in [6.45, 7) is 8.65. The Labute approximate surface area is 250 Å². The van der Waals surface area contributed by atoms with E-state index in [1.807, 2.05) is 25.7 Å². The molecule has 0 radical (unpaired) electrons. The number of pyridine rings is 1. The minimum absolute atomic E-state index is 0. The number of nitrogens with zero attached hydrogens (tertiary/aromatic N) is 3. The number of ether oxygens (including phenoxy) is 2. The lowest BCUT2D eigenvalue weighted by molar-refractivity contribution is -0.143. The minimum Gasteiger partial charge on any atom is -0.505 e. The number of amidine groups is 1. The number of carbonyl (C=O) groups excluding carboxylic acids is 2. The van der Waals surface area contributed by atoms with Crippen LogP contribution in [0.3, 0.4) is 0 Å². The van der Waals surface area contributed by atoms with Gasteiger partial charge in [0.15, 0.2) is 17.2 Å². The summed E-state index contributed by atoms with van der Waals surface area (Å²) in [7, 11) is 1.49. The number of fused-ring (bicyclic) bond motifs is 1. The molecule has 0 aliphatic carbocycles. The topological polar surface area (TPSA) is 165 Å². The smallest absolute Gasteiger partial charge is 0.329 e. The molecule has 1 atom stereocenters. The number of hydrogen-bond acceptors (Lipinski definition) is 9. The minimum atomic E-state index is -1.04. The number of carbonyl (C=O) groups is 3. The fourth-order valence-corrected chi connectivity index (χ4v) is 5.10. The summed E-state index contributed by atoms with van der Waals surface area (Å²) in [5.41, 5.74) is 2.10. The van der Waals surface area contributed by atoms with E-state index in [9.17, 15) is 19.5 Å². The first-order valence-electron chi connectivity index (χ1n) is 13.6. The number of anilines is 1. The number of nitrogens with one attached hydrogen (secondary N) is 2. The van der Waals surface area contributed by atoms with Gasteiger partial charge in [0.1, 0.15) is 23.9 Å². The highest BCUT2D eigenvalue weighted by atomic mass is 35.5. The van der Waals surface area contributed by atoms with Crippen molar-refractivity contribution in [2.75, 3.05) is 44.8 Å². The highest BCUT2D eigenvalue weighted by molar-refractivity contribution is 6.06. The second-order valence-electron chi connectivity index (χ2n) is 11.2. The Bertz CT molecular complexity index is 1390. The van der Waals surface area contributed by atoms with E-state index >= 15 is 0 Å². The fraction of sp³-hybridized carbons (Fsp3) is 0.483. The molecule has 4 rings (SSSR count). The molecule has 1 aromatic heterocycles. The lowest BCUT2D eigenvalue weighted by atomic mass is 9.84. The van der Waals surface area contributed by atoms with Gasteiger partial charge in [-0.1, -0.05) is 20.8 Å². The van der Waals surface area contributed by atoms with Gasteiger partial charge in [-0.25, -0.2) is 9.78 Å². The van der Waals surface area contributed by atoms with Crippen molar-refractivity contribution in [1.82, 2.24) is 15.2 Å². The summed E-state index contributed by atoms with van der Waals surface area (Å²) in [5.74, 6) is -1.29. The molecular weight excluding hydrogens is 566 g/mol. The summed E-state index contributed by atoms with van der Waals surface area (Å²) >= 11 is 0. The van der Waals surface area contributed by atoms with E-state index in [0.717, 1.165) is 0 Å². The van der Waals surface area contributed by atoms with Crippen LogP contribution in [0.15, 0.2) is 18.2 Å². The van der Waals surface area contributed by atoms with Crippen molar-refractivity contribution in [2.24, 2.45) is 0 Å². The number of phenols is 1. The van der Waals surface area contributed by atoms with Crippen LogP contribution in [0.4, 0.5) is 5.69 Å². The third-order valence-corrected chi connectivity index (χ3v) is 7.19. The Morgan fingerprint density at radius 2 is 1.93 bits per heavy atom. The van der Waals surface area contributed by atoms with Crippen LogP contribution in [-0.4, -0.2) is 89.6 Å². The number of carboxylic acids is 1. The van der Waals surface area contributed by atoms with Gasteiger partial charge in [-0.2, -0.15) is 0 Å². The van der Waals surface area contributed by atoms with E-state index in [1.165, 1.54) is 7.05 Å². The molecule has 1 fully saturated rings. The van der Waals surface area contributed by atoms with Crippen LogP contribution < -0.4 is 15.0 Å². The number of phenolic OH excluding ortho intramolecular Hbond substituents is 1. The number of carboxylic acid groups (broad SMARTS) is 1. The maximum Gasteiger partial charge on any atom is 0.329 e. The van der Waals surface area contributed by atoms with E-state index in [2.05, 4.69) is 10.3 Å². The monoisotopic (exact) mass is 603 g/mol. The van der Waals surface area contributed by atoms with Gasteiger partial charge in [0.05, 0.1) is 24.9 Å². The van der Waals surface area contributed by atoms with Crippen molar-refractivity contribution in [1.29, 1.82) is 5.41 Å². The van der Waals surface area contributed by atoms with E-state index in [-0.39, 0.29) is 54.7 Å². The van der Waals surface area contributed by atoms with Crippen LogP contribution in [-0.2, 0) is 21.5 Å². The normalized spacial score (nSPS) is 16.2. The van der Waals surface area contributed by atoms with E-state index in [4.69, 9.17) is 20.0 Å². The summed E-state index contributed by atoms with van der Waals surface area (Å²) < 4.78 is 11.1. The first kappa shape index (κ1) is 32.6. The molecule has 228 valence electrons. The van der Waals surface area contributed by atoms with E-state index < -0.39 is 23.9 Å². The van der Waals surface area contributed by atoms with Crippen molar-refractivity contribution < 1.29 is 34.1 Å². The first-order valence-corrected chi connectivity index (χ1v) is 13.6. The highest BCUT2D eigenvalue weighted by Gasteiger charge is 2.33. The Hall–Kier alpha value is -3.90. The predicted octanol–water partition coefficient (Wildman–Crippen LogP) is 2.97. The number of aromatic nitrogens is 1. The summed E-state index contributed by atoms with van der Waals surface area (Å²) in [4.78, 5) is 44.9. The van der Waals surface area contributed by atoms with Crippen LogP contribution in [0, 0.1) is 5.41 Å². The summed E-state index contributed by atoms with van der Waals surface area (Å²) in [5, 5.41) is 31.4. The number of rotatable bonds is 10. The number of Topliss-reactive ketones (excluding diaryl/α,β-unsaturated/α-hetero) is 1. The average molecular weight is 604 g/mol. The van der Waals surface area contributed by atoms with Gasteiger partial charge in [-0.15, -0.1) is 12.4 Å². The molecule has 0 spiro atoms. The van der Waals surface area contributed by atoms with Crippen LogP contribution in [0.1, 0.15) is 71.8 Å². The molecule has 12 nitrogen and oxygen atoms in total. The molecule has 4 N–H and O–H groups in total. The number of amides is 1. The molecule has 0 saturated carbocycles. The van der Waals surface area contributed by atoms with E-state index in [0.29, 0.717) is 59.9 Å². The van der Waals surface area contributed by atoms with Crippen LogP contribution in [0.2, 0.25) is 0 Å². The zero-order chi connectivity index (χ0) is 30.1. The van der Waals surface area contributed by atoms with Crippen LogP contribution >= 0.6 is 12.4 Å². The number of halogens is 1. The standard InChI is InChI=1S/C29H37N5O7.ClH/c1-6-40-22-11-17-12-34(27(30)24(17)32-25(22)28(39)31-5)14-21(35)16-9-19(29(2,3)4)26(38)20(10-16)33-8-7-18(13-33)41-15-23(36)37;/h9-11,18,30,38H,6-8,12-15H2,1-5H3,(H,31,39)(H,36,37);1H. The largest absolute Gasteiger partial charge is 0.505 e.